The molecule has 7 nitrogen and oxygen atoms in total. The van der Waals surface area contributed by atoms with Crippen LogP contribution in [0.1, 0.15) is 50.4 Å². The molecule has 38 heavy (non-hydrogen) atoms. The summed E-state index contributed by atoms with van der Waals surface area (Å²) >= 11 is 0. The van der Waals surface area contributed by atoms with Crippen molar-refractivity contribution in [2.24, 2.45) is 0 Å². The number of aromatic nitrogens is 2. The van der Waals surface area contributed by atoms with Gasteiger partial charge in [0.25, 0.3) is 5.78 Å². The number of aromatic amines is 1. The lowest BCUT2D eigenvalue weighted by atomic mass is 9.84. The van der Waals surface area contributed by atoms with Gasteiger partial charge in [-0.1, -0.05) is 51.1 Å². The molecule has 4 aromatic rings. The molecule has 2 N–H and O–H groups in total. The van der Waals surface area contributed by atoms with Crippen LogP contribution >= 0.6 is 0 Å². The first-order valence-corrected chi connectivity index (χ1v) is 12.4. The summed E-state index contributed by atoms with van der Waals surface area (Å²) in [5.74, 6) is -2.12. The van der Waals surface area contributed by atoms with Crippen LogP contribution < -0.4 is 9.64 Å². The first-order valence-electron chi connectivity index (χ1n) is 12.4. The lowest BCUT2D eigenvalue weighted by Gasteiger charge is -2.25. The normalized spacial score (nSPS) is 17.4. The van der Waals surface area contributed by atoms with Crippen molar-refractivity contribution in [1.82, 2.24) is 9.97 Å². The van der Waals surface area contributed by atoms with Gasteiger partial charge in [-0.2, -0.15) is 0 Å². The number of carbonyl (C=O) groups excluding carboxylic acids is 2. The predicted octanol–water partition coefficient (Wildman–Crippen LogP) is 6.02. The predicted molar refractivity (Wildman–Crippen MR) is 144 cm³/mol. The first kappa shape index (κ1) is 25.2. The topological polar surface area (TPSA) is 95.5 Å². The number of fused-ring (bicyclic) bond motifs is 1. The molecule has 1 aromatic heterocycles. The van der Waals surface area contributed by atoms with E-state index < -0.39 is 29.3 Å². The lowest BCUT2D eigenvalue weighted by Crippen LogP contribution is -2.30. The molecule has 1 saturated heterocycles. The van der Waals surface area contributed by atoms with Gasteiger partial charge in [-0.05, 0) is 48.7 Å². The van der Waals surface area contributed by atoms with Crippen molar-refractivity contribution >= 4 is 34.4 Å². The standard InChI is InChI=1S/C30H28FN3O4/c1-5-38-23-15-14-17(16-19(23)30(2,3)4)26(35)24-25(18-10-6-7-11-20(18)31)34(28(37)27(24)36)29-32-21-12-8-9-13-22(21)33-29/h6-16,25,35H,5H2,1-4H3,(H,32,33)/b26-24+. The van der Waals surface area contributed by atoms with Gasteiger partial charge < -0.3 is 14.8 Å². The third-order valence-corrected chi connectivity index (χ3v) is 6.61. The van der Waals surface area contributed by atoms with Crippen molar-refractivity contribution in [3.63, 3.8) is 0 Å². The van der Waals surface area contributed by atoms with Crippen LogP contribution in [0.5, 0.6) is 5.75 Å². The van der Waals surface area contributed by atoms with Gasteiger partial charge in [0.05, 0.1) is 23.2 Å². The van der Waals surface area contributed by atoms with Crippen LogP contribution in [0.3, 0.4) is 0 Å². The number of nitrogens with one attached hydrogen (secondary N) is 1. The fraction of sp³-hybridized carbons (Fsp3) is 0.233. The second-order valence-corrected chi connectivity index (χ2v) is 10.2. The summed E-state index contributed by atoms with van der Waals surface area (Å²) in [4.78, 5) is 35.5. The summed E-state index contributed by atoms with van der Waals surface area (Å²) in [5.41, 5.74) is 1.88. The Morgan fingerprint density at radius 2 is 1.79 bits per heavy atom. The van der Waals surface area contributed by atoms with Crippen molar-refractivity contribution in [2.75, 3.05) is 11.5 Å². The Hall–Kier alpha value is -4.46. The van der Waals surface area contributed by atoms with Crippen LogP contribution in [0, 0.1) is 5.82 Å². The number of carbonyl (C=O) groups is 2. The van der Waals surface area contributed by atoms with E-state index in [9.17, 15) is 14.7 Å². The fourth-order valence-electron chi connectivity index (χ4n) is 4.80. The highest BCUT2D eigenvalue weighted by molar-refractivity contribution is 6.51. The average Bonchev–Trinajstić information content (AvgIpc) is 3.42. The van der Waals surface area contributed by atoms with E-state index in [0.717, 1.165) is 10.5 Å². The van der Waals surface area contributed by atoms with E-state index in [-0.39, 0.29) is 22.5 Å². The summed E-state index contributed by atoms with van der Waals surface area (Å²) in [6.07, 6.45) is 0. The van der Waals surface area contributed by atoms with Gasteiger partial charge in [0.1, 0.15) is 23.4 Å². The maximum atomic E-state index is 15.2. The minimum Gasteiger partial charge on any atom is -0.507 e. The summed E-state index contributed by atoms with van der Waals surface area (Å²) in [7, 11) is 0. The number of benzene rings is 3. The van der Waals surface area contributed by atoms with Crippen molar-refractivity contribution in [3.8, 4) is 5.75 Å². The van der Waals surface area contributed by atoms with E-state index in [4.69, 9.17) is 4.74 Å². The van der Waals surface area contributed by atoms with Gasteiger partial charge in [-0.25, -0.2) is 9.37 Å². The molecule has 194 valence electrons. The number of halogens is 1. The van der Waals surface area contributed by atoms with Crippen LogP contribution in [0.25, 0.3) is 16.8 Å². The van der Waals surface area contributed by atoms with Gasteiger partial charge in [0.15, 0.2) is 0 Å². The number of nitrogens with zero attached hydrogens (tertiary/aromatic N) is 2. The SMILES string of the molecule is CCOc1ccc(/C(O)=C2\C(=O)C(=O)N(c3nc4ccccc4[nH]3)C2c2ccccc2F)cc1C(C)(C)C. The highest BCUT2D eigenvalue weighted by Crippen LogP contribution is 2.43. The van der Waals surface area contributed by atoms with Crippen molar-refractivity contribution < 1.29 is 23.8 Å². The van der Waals surface area contributed by atoms with E-state index in [1.165, 1.54) is 18.2 Å². The summed E-state index contributed by atoms with van der Waals surface area (Å²) in [5, 5.41) is 11.5. The summed E-state index contributed by atoms with van der Waals surface area (Å²) in [6.45, 7) is 8.37. The second-order valence-electron chi connectivity index (χ2n) is 10.2. The van der Waals surface area contributed by atoms with E-state index in [1.54, 1.807) is 42.5 Å². The zero-order valence-electron chi connectivity index (χ0n) is 21.6. The number of ether oxygens (including phenoxy) is 1. The summed E-state index contributed by atoms with van der Waals surface area (Å²) in [6, 6.07) is 16.9. The van der Waals surface area contributed by atoms with E-state index in [0.29, 0.717) is 29.0 Å². The number of hydrogen-bond donors (Lipinski definition) is 2. The molecule has 3 aromatic carbocycles. The largest absolute Gasteiger partial charge is 0.507 e. The minimum atomic E-state index is -1.23. The zero-order valence-corrected chi connectivity index (χ0v) is 21.6. The molecule has 1 aliphatic heterocycles. The van der Waals surface area contributed by atoms with Crippen LogP contribution in [0.2, 0.25) is 0 Å². The van der Waals surface area contributed by atoms with Crippen LogP contribution in [-0.2, 0) is 15.0 Å². The number of H-pyrrole nitrogens is 1. The number of anilines is 1. The number of para-hydroxylation sites is 2. The van der Waals surface area contributed by atoms with Gasteiger partial charge >= 0.3 is 5.91 Å². The van der Waals surface area contributed by atoms with Crippen molar-refractivity contribution in [3.05, 3.63) is 94.8 Å². The smallest absolute Gasteiger partial charge is 0.302 e. The van der Waals surface area contributed by atoms with Gasteiger partial charge in [-0.15, -0.1) is 0 Å². The van der Waals surface area contributed by atoms with Gasteiger partial charge in [-0.3, -0.25) is 14.5 Å². The number of aliphatic hydroxyl groups excluding tert-OH is 1. The molecule has 0 radical (unpaired) electrons. The molecule has 8 heteroatoms. The quantitative estimate of drug-likeness (QED) is 0.193. The Morgan fingerprint density at radius 1 is 1.08 bits per heavy atom. The number of amides is 1. The molecule has 1 fully saturated rings. The number of hydrogen-bond acceptors (Lipinski definition) is 5. The Kier molecular flexibility index (Phi) is 6.26. The molecule has 1 atom stereocenters. The highest BCUT2D eigenvalue weighted by atomic mass is 19.1. The maximum Gasteiger partial charge on any atom is 0.302 e. The monoisotopic (exact) mass is 513 g/mol. The number of rotatable bonds is 5. The molecule has 0 aliphatic carbocycles. The Bertz CT molecular complexity index is 1570. The number of Topliss-reactive ketones (excluding diaryl/α,β-unsaturated/α-hetero) is 1. The lowest BCUT2D eigenvalue weighted by molar-refractivity contribution is -0.132. The summed E-state index contributed by atoms with van der Waals surface area (Å²) < 4.78 is 21.0. The maximum absolute atomic E-state index is 15.2. The highest BCUT2D eigenvalue weighted by Gasteiger charge is 2.49. The molecule has 2 heterocycles. The molecule has 1 aliphatic rings. The van der Waals surface area contributed by atoms with E-state index >= 15 is 4.39 Å². The van der Waals surface area contributed by atoms with Gasteiger partial charge in [0, 0.05) is 16.7 Å². The molecule has 1 unspecified atom stereocenters. The Morgan fingerprint density at radius 3 is 2.47 bits per heavy atom. The minimum absolute atomic E-state index is 0.0655. The first-order chi connectivity index (χ1) is 18.1. The number of ketones is 1. The zero-order chi connectivity index (χ0) is 27.2. The molecular formula is C30H28FN3O4. The van der Waals surface area contributed by atoms with Crippen LogP contribution in [0.4, 0.5) is 10.3 Å². The number of aliphatic hydroxyl groups is 1. The fourth-order valence-corrected chi connectivity index (χ4v) is 4.80. The average molecular weight is 514 g/mol. The van der Waals surface area contributed by atoms with Crippen molar-refractivity contribution in [1.29, 1.82) is 0 Å². The molecule has 1 amide bonds. The molecular weight excluding hydrogens is 485 g/mol. The van der Waals surface area contributed by atoms with E-state index in [1.807, 2.05) is 33.8 Å². The van der Waals surface area contributed by atoms with Crippen molar-refractivity contribution in [2.45, 2.75) is 39.2 Å². The second kappa shape index (κ2) is 9.45. The van der Waals surface area contributed by atoms with Crippen LogP contribution in [-0.4, -0.2) is 33.4 Å². The van der Waals surface area contributed by atoms with Gasteiger partial charge in [0.2, 0.25) is 5.95 Å². The Labute approximate surface area is 219 Å². The Balaban J connectivity index is 1.74. The molecule has 0 spiro atoms. The number of imidazole rings is 1. The third-order valence-electron chi connectivity index (χ3n) is 6.61. The van der Waals surface area contributed by atoms with Crippen LogP contribution in [0.15, 0.2) is 72.3 Å². The van der Waals surface area contributed by atoms with E-state index in [2.05, 4.69) is 9.97 Å². The third kappa shape index (κ3) is 4.22. The molecule has 5 rings (SSSR count). The molecule has 0 saturated carbocycles. The molecule has 0 bridgehead atoms.